The van der Waals surface area contributed by atoms with E-state index >= 15 is 0 Å². The molecular weight excluding hydrogens is 284 g/mol. The minimum atomic E-state index is 0.0801. The molecule has 0 rings (SSSR count). The Labute approximate surface area is 115 Å². The summed E-state index contributed by atoms with van der Waals surface area (Å²) in [4.78, 5) is 3.59. The van der Waals surface area contributed by atoms with Gasteiger partial charge in [0.25, 0.3) is 0 Å². The highest BCUT2D eigenvalue weighted by atomic mass is 33.1. The molecule has 0 bridgehead atoms. The number of rotatable bonds is 4. The lowest BCUT2D eigenvalue weighted by Crippen LogP contribution is -2.27. The maximum absolute atomic E-state index is 8.74. The van der Waals surface area contributed by atoms with E-state index in [0.29, 0.717) is 21.7 Å². The van der Waals surface area contributed by atoms with Crippen molar-refractivity contribution >= 4 is 54.7 Å². The number of hydrogen-bond donors (Lipinski definition) is 2. The summed E-state index contributed by atoms with van der Waals surface area (Å²) in [5.74, 6) is 0. The molecule has 0 saturated heterocycles. The van der Waals surface area contributed by atoms with E-state index in [1.165, 1.54) is 21.6 Å². The van der Waals surface area contributed by atoms with Crippen LogP contribution in [-0.4, -0.2) is 69.1 Å². The van der Waals surface area contributed by atoms with Gasteiger partial charge in [0.05, 0.1) is 13.2 Å². The van der Waals surface area contributed by atoms with Crippen LogP contribution >= 0.6 is 46.0 Å². The zero-order chi connectivity index (χ0) is 12.6. The first-order chi connectivity index (χ1) is 7.52. The van der Waals surface area contributed by atoms with Crippen LogP contribution in [0.1, 0.15) is 0 Å². The van der Waals surface area contributed by atoms with Crippen LogP contribution in [0.3, 0.4) is 0 Å². The van der Waals surface area contributed by atoms with E-state index < -0.39 is 0 Å². The van der Waals surface area contributed by atoms with Crippen LogP contribution in [0.5, 0.6) is 0 Å². The fourth-order valence-electron chi connectivity index (χ4n) is 0.681. The fraction of sp³-hybridized carbons (Fsp3) is 0.750. The Morgan fingerprint density at radius 2 is 1.25 bits per heavy atom. The quantitative estimate of drug-likeness (QED) is 0.584. The first kappa shape index (κ1) is 16.4. The average molecular weight is 300 g/mol. The molecule has 2 N–H and O–H groups in total. The van der Waals surface area contributed by atoms with Crippen molar-refractivity contribution < 1.29 is 10.2 Å². The molecule has 0 aliphatic carbocycles. The van der Waals surface area contributed by atoms with Gasteiger partial charge in [0.2, 0.25) is 0 Å². The Bertz CT molecular complexity index is 216. The molecule has 0 aromatic heterocycles. The average Bonchev–Trinajstić information content (AvgIpc) is 2.25. The molecule has 0 saturated carbocycles. The molecule has 0 amide bonds. The summed E-state index contributed by atoms with van der Waals surface area (Å²) in [5, 5.41) is 17.5. The highest BCUT2D eigenvalue weighted by Crippen LogP contribution is 2.27. The van der Waals surface area contributed by atoms with Gasteiger partial charge in [0, 0.05) is 27.2 Å². The summed E-state index contributed by atoms with van der Waals surface area (Å²) in [6.45, 7) is 1.20. The van der Waals surface area contributed by atoms with Gasteiger partial charge in [-0.25, -0.2) is 0 Å². The number of hydrogen-bond acceptors (Lipinski definition) is 6. The van der Waals surface area contributed by atoms with Crippen LogP contribution in [-0.2, 0) is 0 Å². The minimum Gasteiger partial charge on any atom is -0.395 e. The Morgan fingerprint density at radius 1 is 0.938 bits per heavy atom. The van der Waals surface area contributed by atoms with Crippen molar-refractivity contribution in [3.63, 3.8) is 0 Å². The van der Waals surface area contributed by atoms with Gasteiger partial charge in [-0.05, 0) is 21.6 Å². The van der Waals surface area contributed by atoms with Gasteiger partial charge >= 0.3 is 0 Å². The van der Waals surface area contributed by atoms with Gasteiger partial charge in [-0.15, -0.1) is 0 Å². The number of nitrogens with zero attached hydrogens (tertiary/aromatic N) is 2. The molecule has 0 fully saturated rings. The van der Waals surface area contributed by atoms with E-state index in [9.17, 15) is 0 Å². The van der Waals surface area contributed by atoms with Crippen molar-refractivity contribution in [1.82, 2.24) is 9.80 Å². The highest BCUT2D eigenvalue weighted by molar-refractivity contribution is 8.89. The second-order valence-corrected chi connectivity index (χ2v) is 6.39. The number of aliphatic hydroxyl groups is 2. The first-order valence-corrected chi connectivity index (χ1v) is 7.56. The van der Waals surface area contributed by atoms with Crippen LogP contribution in [0, 0.1) is 0 Å². The monoisotopic (exact) mass is 300 g/mol. The summed E-state index contributed by atoms with van der Waals surface area (Å²) in [5.41, 5.74) is 0. The highest BCUT2D eigenvalue weighted by Gasteiger charge is 2.09. The molecular formula is C8H16N2O2S4. The summed E-state index contributed by atoms with van der Waals surface area (Å²) >= 11 is 10.3. The van der Waals surface area contributed by atoms with Gasteiger partial charge in [0.15, 0.2) is 0 Å². The first-order valence-electron chi connectivity index (χ1n) is 4.59. The van der Waals surface area contributed by atoms with Crippen LogP contribution in [0.25, 0.3) is 0 Å². The summed E-state index contributed by atoms with van der Waals surface area (Å²) in [6.07, 6.45) is 0. The third kappa shape index (κ3) is 6.87. The van der Waals surface area contributed by atoms with Crippen molar-refractivity contribution in [1.29, 1.82) is 0 Å². The molecule has 0 aromatic carbocycles. The molecule has 8 heteroatoms. The molecule has 0 spiro atoms. The molecule has 16 heavy (non-hydrogen) atoms. The standard InChI is InChI=1S/C8H16N2O2S4/c1-9(3-5-11)7(13)15-16-8(14)10(2)4-6-12/h11-12H,3-6H2,1-2H3. The van der Waals surface area contributed by atoms with Gasteiger partial charge < -0.3 is 20.0 Å². The maximum Gasteiger partial charge on any atom is 0.147 e. The molecule has 0 aliphatic heterocycles. The van der Waals surface area contributed by atoms with E-state index in [-0.39, 0.29) is 13.2 Å². The lowest BCUT2D eigenvalue weighted by atomic mass is 10.6. The second kappa shape index (κ2) is 9.43. The number of likely N-dealkylation sites (N-methyl/N-ethyl adjacent to an activating group) is 2. The van der Waals surface area contributed by atoms with Crippen molar-refractivity contribution in [2.45, 2.75) is 0 Å². The Hall–Kier alpha value is 0.400. The third-order valence-electron chi connectivity index (χ3n) is 1.68. The second-order valence-electron chi connectivity index (χ2n) is 2.99. The van der Waals surface area contributed by atoms with Crippen molar-refractivity contribution in [2.24, 2.45) is 0 Å². The topological polar surface area (TPSA) is 46.9 Å². The van der Waals surface area contributed by atoms with E-state index in [4.69, 9.17) is 34.6 Å². The molecule has 4 nitrogen and oxygen atoms in total. The zero-order valence-corrected chi connectivity index (χ0v) is 12.5. The van der Waals surface area contributed by atoms with Crippen LogP contribution in [0.2, 0.25) is 0 Å². The van der Waals surface area contributed by atoms with Crippen molar-refractivity contribution in [2.75, 3.05) is 40.4 Å². The molecule has 0 unspecified atom stereocenters. The van der Waals surface area contributed by atoms with Gasteiger partial charge in [-0.2, -0.15) is 0 Å². The molecule has 94 valence electrons. The summed E-state index contributed by atoms with van der Waals surface area (Å²) < 4.78 is 1.36. The van der Waals surface area contributed by atoms with Crippen LogP contribution in [0.15, 0.2) is 0 Å². The lowest BCUT2D eigenvalue weighted by molar-refractivity contribution is 0.266. The Kier molecular flexibility index (Phi) is 9.67. The molecule has 0 heterocycles. The minimum absolute atomic E-state index is 0.0801. The summed E-state index contributed by atoms with van der Waals surface area (Å²) in [7, 11) is 6.42. The van der Waals surface area contributed by atoms with Gasteiger partial charge in [0.1, 0.15) is 8.64 Å². The third-order valence-corrected chi connectivity index (χ3v) is 5.62. The Balaban J connectivity index is 3.87. The van der Waals surface area contributed by atoms with Crippen LogP contribution in [0.4, 0.5) is 0 Å². The predicted molar refractivity (Wildman–Crippen MR) is 79.8 cm³/mol. The molecule has 0 aromatic rings. The van der Waals surface area contributed by atoms with Crippen molar-refractivity contribution in [3.05, 3.63) is 0 Å². The molecule has 0 aliphatic rings. The molecule has 0 radical (unpaired) electrons. The molecule has 0 atom stereocenters. The largest absolute Gasteiger partial charge is 0.395 e. The Morgan fingerprint density at radius 3 is 1.50 bits per heavy atom. The maximum atomic E-state index is 8.74. The van der Waals surface area contributed by atoms with Crippen molar-refractivity contribution in [3.8, 4) is 0 Å². The number of thiocarbonyl (C=S) groups is 2. The number of aliphatic hydroxyl groups excluding tert-OH is 2. The SMILES string of the molecule is CN(CCO)C(=S)SSC(=S)N(C)CCO. The van der Waals surface area contributed by atoms with E-state index in [2.05, 4.69) is 0 Å². The fourth-order valence-corrected chi connectivity index (χ4v) is 3.25. The van der Waals surface area contributed by atoms with Gasteiger partial charge in [-0.3, -0.25) is 0 Å². The predicted octanol–water partition coefficient (Wildman–Crippen LogP) is 0.786. The smallest absolute Gasteiger partial charge is 0.147 e. The van der Waals surface area contributed by atoms with E-state index in [1.54, 1.807) is 9.80 Å². The van der Waals surface area contributed by atoms with E-state index in [0.717, 1.165) is 0 Å². The summed E-state index contributed by atoms with van der Waals surface area (Å²) in [6, 6.07) is 0. The zero-order valence-electron chi connectivity index (χ0n) is 9.25. The van der Waals surface area contributed by atoms with E-state index in [1.807, 2.05) is 14.1 Å². The van der Waals surface area contributed by atoms with Crippen LogP contribution < -0.4 is 0 Å². The van der Waals surface area contributed by atoms with Gasteiger partial charge in [-0.1, -0.05) is 24.4 Å². The lowest BCUT2D eigenvalue weighted by Gasteiger charge is -2.20. The normalized spacial score (nSPS) is 10.0.